The Morgan fingerprint density at radius 3 is 3.00 bits per heavy atom. The van der Waals surface area contributed by atoms with Gasteiger partial charge < -0.3 is 4.74 Å². The second-order valence-corrected chi connectivity index (χ2v) is 3.86. The van der Waals surface area contributed by atoms with Crippen molar-refractivity contribution in [2.75, 3.05) is 26.7 Å². The highest BCUT2D eigenvalue weighted by Gasteiger charge is 2.25. The second kappa shape index (κ2) is 3.58. The average molecular weight is 167 g/mol. The van der Waals surface area contributed by atoms with Crippen LogP contribution in [0, 0.1) is 5.92 Å². The number of rotatable bonds is 3. The van der Waals surface area contributed by atoms with Gasteiger partial charge in [0.1, 0.15) is 0 Å². The summed E-state index contributed by atoms with van der Waals surface area (Å²) in [5.41, 5.74) is 0. The SMILES string of the molecule is COC1C=CCN(CC2CC2)C1. The van der Waals surface area contributed by atoms with Crippen LogP contribution < -0.4 is 0 Å². The smallest absolute Gasteiger partial charge is 0.0879 e. The van der Waals surface area contributed by atoms with E-state index < -0.39 is 0 Å². The molecule has 1 heterocycles. The third-order valence-corrected chi connectivity index (χ3v) is 2.67. The van der Waals surface area contributed by atoms with E-state index in [4.69, 9.17) is 4.74 Å². The van der Waals surface area contributed by atoms with Crippen LogP contribution in [0.15, 0.2) is 12.2 Å². The summed E-state index contributed by atoms with van der Waals surface area (Å²) in [6.45, 7) is 3.49. The molecule has 1 saturated carbocycles. The summed E-state index contributed by atoms with van der Waals surface area (Å²) in [7, 11) is 1.79. The first-order chi connectivity index (χ1) is 5.88. The lowest BCUT2D eigenvalue weighted by molar-refractivity contribution is 0.0911. The van der Waals surface area contributed by atoms with Gasteiger partial charge in [-0.25, -0.2) is 0 Å². The van der Waals surface area contributed by atoms with E-state index in [0.717, 1.165) is 19.0 Å². The van der Waals surface area contributed by atoms with Gasteiger partial charge in [-0.2, -0.15) is 0 Å². The summed E-state index contributed by atoms with van der Waals surface area (Å²) < 4.78 is 5.29. The topological polar surface area (TPSA) is 12.5 Å². The Bertz CT molecular complexity index is 175. The highest BCUT2D eigenvalue weighted by atomic mass is 16.5. The first kappa shape index (κ1) is 8.27. The Kier molecular flexibility index (Phi) is 2.47. The van der Waals surface area contributed by atoms with Crippen LogP contribution >= 0.6 is 0 Å². The number of methoxy groups -OCH3 is 1. The summed E-state index contributed by atoms with van der Waals surface area (Å²) in [5, 5.41) is 0. The molecule has 68 valence electrons. The fraction of sp³-hybridized carbons (Fsp3) is 0.800. The Labute approximate surface area is 74.2 Å². The summed E-state index contributed by atoms with van der Waals surface area (Å²) >= 11 is 0. The number of ether oxygens (including phenoxy) is 1. The normalized spacial score (nSPS) is 30.9. The number of hydrogen-bond donors (Lipinski definition) is 0. The van der Waals surface area contributed by atoms with Gasteiger partial charge in [0.2, 0.25) is 0 Å². The van der Waals surface area contributed by atoms with E-state index in [2.05, 4.69) is 17.1 Å². The minimum Gasteiger partial charge on any atom is -0.376 e. The maximum atomic E-state index is 5.29. The fourth-order valence-corrected chi connectivity index (χ4v) is 1.72. The van der Waals surface area contributed by atoms with E-state index in [0.29, 0.717) is 6.10 Å². The molecule has 1 aliphatic heterocycles. The van der Waals surface area contributed by atoms with Gasteiger partial charge in [0.25, 0.3) is 0 Å². The van der Waals surface area contributed by atoms with Crippen molar-refractivity contribution in [2.24, 2.45) is 5.92 Å². The van der Waals surface area contributed by atoms with Crippen molar-refractivity contribution in [3.05, 3.63) is 12.2 Å². The molecule has 1 unspecified atom stereocenters. The maximum absolute atomic E-state index is 5.29. The zero-order valence-corrected chi connectivity index (χ0v) is 7.70. The zero-order valence-electron chi connectivity index (χ0n) is 7.70. The molecular formula is C10H17NO. The molecule has 0 radical (unpaired) electrons. The van der Waals surface area contributed by atoms with E-state index >= 15 is 0 Å². The van der Waals surface area contributed by atoms with E-state index in [1.165, 1.54) is 19.4 Å². The predicted octanol–water partition coefficient (Wildman–Crippen LogP) is 1.28. The number of hydrogen-bond acceptors (Lipinski definition) is 2. The van der Waals surface area contributed by atoms with Crippen molar-refractivity contribution in [1.29, 1.82) is 0 Å². The van der Waals surface area contributed by atoms with Crippen molar-refractivity contribution in [1.82, 2.24) is 4.90 Å². The molecule has 0 saturated heterocycles. The molecule has 0 bridgehead atoms. The lowest BCUT2D eigenvalue weighted by Crippen LogP contribution is -2.37. The molecule has 0 aromatic carbocycles. The standard InChI is InChI=1S/C10H17NO/c1-12-10-3-2-6-11(8-10)7-9-4-5-9/h2-3,9-10H,4-8H2,1H3. The van der Waals surface area contributed by atoms with E-state index in [-0.39, 0.29) is 0 Å². The Morgan fingerprint density at radius 1 is 1.50 bits per heavy atom. The van der Waals surface area contributed by atoms with Crippen LogP contribution in [-0.2, 0) is 4.74 Å². The van der Waals surface area contributed by atoms with E-state index in [1.54, 1.807) is 7.11 Å². The highest BCUT2D eigenvalue weighted by molar-refractivity contribution is 4.99. The molecule has 0 amide bonds. The lowest BCUT2D eigenvalue weighted by Gasteiger charge is -2.27. The van der Waals surface area contributed by atoms with Gasteiger partial charge in [0.05, 0.1) is 6.10 Å². The van der Waals surface area contributed by atoms with Gasteiger partial charge >= 0.3 is 0 Å². The highest BCUT2D eigenvalue weighted by Crippen LogP contribution is 2.30. The Hall–Kier alpha value is -0.340. The van der Waals surface area contributed by atoms with Crippen molar-refractivity contribution in [3.63, 3.8) is 0 Å². The van der Waals surface area contributed by atoms with Crippen LogP contribution in [0.2, 0.25) is 0 Å². The van der Waals surface area contributed by atoms with Crippen molar-refractivity contribution >= 4 is 0 Å². The lowest BCUT2D eigenvalue weighted by atomic mass is 10.2. The Balaban J connectivity index is 1.79. The molecule has 2 heteroatoms. The van der Waals surface area contributed by atoms with Crippen molar-refractivity contribution in [2.45, 2.75) is 18.9 Å². The molecule has 0 spiro atoms. The molecule has 12 heavy (non-hydrogen) atoms. The van der Waals surface area contributed by atoms with Crippen molar-refractivity contribution < 1.29 is 4.74 Å². The third kappa shape index (κ3) is 2.08. The molecule has 2 nitrogen and oxygen atoms in total. The molecule has 2 aliphatic rings. The first-order valence-corrected chi connectivity index (χ1v) is 4.80. The van der Waals surface area contributed by atoms with Crippen LogP contribution in [0.5, 0.6) is 0 Å². The van der Waals surface area contributed by atoms with Gasteiger partial charge in [-0.3, -0.25) is 4.90 Å². The van der Waals surface area contributed by atoms with Gasteiger partial charge in [-0.1, -0.05) is 12.2 Å². The minimum atomic E-state index is 0.331. The summed E-state index contributed by atoms with van der Waals surface area (Å²) in [4.78, 5) is 2.49. The summed E-state index contributed by atoms with van der Waals surface area (Å²) in [6, 6.07) is 0. The van der Waals surface area contributed by atoms with Gasteiger partial charge in [0.15, 0.2) is 0 Å². The second-order valence-electron chi connectivity index (χ2n) is 3.86. The quantitative estimate of drug-likeness (QED) is 0.587. The number of nitrogens with zero attached hydrogens (tertiary/aromatic N) is 1. The monoisotopic (exact) mass is 167 g/mol. The molecule has 1 fully saturated rings. The van der Waals surface area contributed by atoms with Crippen LogP contribution in [0.25, 0.3) is 0 Å². The molecule has 1 atom stereocenters. The van der Waals surface area contributed by atoms with Crippen LogP contribution in [0.1, 0.15) is 12.8 Å². The zero-order chi connectivity index (χ0) is 8.39. The molecule has 0 N–H and O–H groups in total. The van der Waals surface area contributed by atoms with Gasteiger partial charge in [-0.05, 0) is 18.8 Å². The summed E-state index contributed by atoms with van der Waals surface area (Å²) in [5.74, 6) is 0.994. The van der Waals surface area contributed by atoms with E-state index in [1.807, 2.05) is 0 Å². The fourth-order valence-electron chi connectivity index (χ4n) is 1.72. The minimum absolute atomic E-state index is 0.331. The molecule has 1 aliphatic carbocycles. The third-order valence-electron chi connectivity index (χ3n) is 2.67. The molecule has 0 aromatic heterocycles. The Morgan fingerprint density at radius 2 is 2.33 bits per heavy atom. The maximum Gasteiger partial charge on any atom is 0.0879 e. The largest absolute Gasteiger partial charge is 0.376 e. The average Bonchev–Trinajstić information content (AvgIpc) is 2.89. The van der Waals surface area contributed by atoms with Crippen LogP contribution in [-0.4, -0.2) is 37.7 Å². The predicted molar refractivity (Wildman–Crippen MR) is 49.1 cm³/mol. The first-order valence-electron chi connectivity index (χ1n) is 4.80. The molecule has 2 rings (SSSR count). The van der Waals surface area contributed by atoms with E-state index in [9.17, 15) is 0 Å². The summed E-state index contributed by atoms with van der Waals surface area (Å²) in [6.07, 6.45) is 7.61. The molecule has 0 aromatic rings. The van der Waals surface area contributed by atoms with Gasteiger partial charge in [0, 0.05) is 26.7 Å². The van der Waals surface area contributed by atoms with Crippen LogP contribution in [0.3, 0.4) is 0 Å². The van der Waals surface area contributed by atoms with Gasteiger partial charge in [-0.15, -0.1) is 0 Å². The molecular weight excluding hydrogens is 150 g/mol. The van der Waals surface area contributed by atoms with Crippen molar-refractivity contribution in [3.8, 4) is 0 Å². The van der Waals surface area contributed by atoms with Crippen LogP contribution in [0.4, 0.5) is 0 Å².